The Bertz CT molecular complexity index is 1900. The molecule has 56 heavy (non-hydrogen) atoms. The molecule has 4 aromatic rings. The summed E-state index contributed by atoms with van der Waals surface area (Å²) in [4.78, 5) is 29.2. The van der Waals surface area contributed by atoms with Gasteiger partial charge in [0.25, 0.3) is 8.53 Å². The molecule has 0 saturated carbocycles. The van der Waals surface area contributed by atoms with Crippen molar-refractivity contribution in [3.05, 3.63) is 118 Å². The van der Waals surface area contributed by atoms with E-state index in [1.54, 1.807) is 14.2 Å². The summed E-state index contributed by atoms with van der Waals surface area (Å²) >= 11 is 0. The average molecular weight is 788 g/mol. The standard InChI is InChI=1S/C41H50N5O9P/c1-28(2)46(29(3)4)56(53-25-11-23-42)55-35-26-38(45-24-22-37(43-39(45)47)44-40(48)51-7)54-36(35)27-52-41(30-12-9-8-10-13-30,31-14-18-33(49-5)19-15-31)32-16-20-34(50-6)21-17-32/h8-10,12-22,24,28-29,35-36,38H,11,25-27H2,1-7H3,(H,43,44,47,48)/t35-,36+,38+,56?/m0/s1. The van der Waals surface area contributed by atoms with Gasteiger partial charge in [0.1, 0.15) is 35.2 Å². The Morgan fingerprint density at radius 1 is 0.946 bits per heavy atom. The van der Waals surface area contributed by atoms with Crippen molar-refractivity contribution in [2.24, 2.45) is 0 Å². The molecule has 5 rings (SSSR count). The topological polar surface area (TPSA) is 156 Å². The van der Waals surface area contributed by atoms with E-state index >= 15 is 0 Å². The smallest absolute Gasteiger partial charge is 0.412 e. The van der Waals surface area contributed by atoms with Crippen LogP contribution in [0.1, 0.15) is 63.5 Å². The first kappa shape index (κ1) is 42.3. The lowest BCUT2D eigenvalue weighted by Gasteiger charge is -2.39. The molecule has 14 nitrogen and oxygen atoms in total. The second-order valence-corrected chi connectivity index (χ2v) is 14.9. The van der Waals surface area contributed by atoms with E-state index in [4.69, 9.17) is 28.0 Å². The van der Waals surface area contributed by atoms with E-state index in [-0.39, 0.29) is 44.0 Å². The molecule has 1 saturated heterocycles. The van der Waals surface area contributed by atoms with Crippen molar-refractivity contribution in [1.82, 2.24) is 14.2 Å². The Balaban J connectivity index is 1.58. The highest BCUT2D eigenvalue weighted by Gasteiger charge is 2.45. The van der Waals surface area contributed by atoms with Crippen LogP contribution in [0.2, 0.25) is 0 Å². The van der Waals surface area contributed by atoms with Gasteiger partial charge in [-0.15, -0.1) is 0 Å². The van der Waals surface area contributed by atoms with Crippen LogP contribution in [-0.4, -0.2) is 79.1 Å². The molecule has 1 aliphatic heterocycles. The number of carbonyl (C=O) groups is 1. The quantitative estimate of drug-likeness (QED) is 0.0607. The molecule has 1 unspecified atom stereocenters. The lowest BCUT2D eigenvalue weighted by atomic mass is 9.80. The monoisotopic (exact) mass is 787 g/mol. The molecule has 1 aromatic heterocycles. The number of amides is 1. The molecule has 1 fully saturated rings. The molecule has 1 amide bonds. The first-order valence-corrected chi connectivity index (χ1v) is 19.5. The number of carbonyl (C=O) groups excluding carboxylic acids is 1. The highest BCUT2D eigenvalue weighted by molar-refractivity contribution is 7.44. The Kier molecular flexibility index (Phi) is 15.0. The Morgan fingerprint density at radius 3 is 2.05 bits per heavy atom. The maximum atomic E-state index is 13.4. The van der Waals surface area contributed by atoms with Crippen LogP contribution in [0.4, 0.5) is 10.6 Å². The Hall–Kier alpha value is -4.87. The van der Waals surface area contributed by atoms with Gasteiger partial charge in [0.05, 0.1) is 53.1 Å². The Labute approximate surface area is 329 Å². The van der Waals surface area contributed by atoms with Crippen molar-refractivity contribution >= 4 is 20.4 Å². The largest absolute Gasteiger partial charge is 0.497 e. The number of rotatable bonds is 18. The zero-order chi connectivity index (χ0) is 40.2. The highest BCUT2D eigenvalue weighted by atomic mass is 31.2. The second-order valence-electron chi connectivity index (χ2n) is 13.5. The van der Waals surface area contributed by atoms with E-state index in [0.717, 1.165) is 16.7 Å². The van der Waals surface area contributed by atoms with Crippen LogP contribution in [0.3, 0.4) is 0 Å². The van der Waals surface area contributed by atoms with Gasteiger partial charge in [-0.25, -0.2) is 14.3 Å². The van der Waals surface area contributed by atoms with Gasteiger partial charge in [0.2, 0.25) is 0 Å². The van der Waals surface area contributed by atoms with Crippen LogP contribution in [0.25, 0.3) is 0 Å². The zero-order valence-corrected chi connectivity index (χ0v) is 33.7. The van der Waals surface area contributed by atoms with E-state index in [1.165, 1.54) is 23.9 Å². The molecular formula is C41H50N5O9P. The number of nitrogens with zero attached hydrogens (tertiary/aromatic N) is 4. The predicted molar refractivity (Wildman–Crippen MR) is 211 cm³/mol. The lowest BCUT2D eigenvalue weighted by molar-refractivity contribution is -0.0925. The molecule has 298 valence electrons. The fraction of sp³-hybridized carbons (Fsp3) is 0.415. The van der Waals surface area contributed by atoms with Gasteiger partial charge in [-0.1, -0.05) is 54.6 Å². The van der Waals surface area contributed by atoms with Crippen molar-refractivity contribution < 1.29 is 37.5 Å². The molecule has 3 aromatic carbocycles. The molecule has 0 radical (unpaired) electrons. The molecule has 0 spiro atoms. The summed E-state index contributed by atoms with van der Waals surface area (Å²) in [5, 5.41) is 11.7. The molecule has 15 heteroatoms. The number of benzene rings is 3. The van der Waals surface area contributed by atoms with Crippen LogP contribution < -0.4 is 20.5 Å². The third-order valence-electron chi connectivity index (χ3n) is 9.26. The predicted octanol–water partition coefficient (Wildman–Crippen LogP) is 7.40. The van der Waals surface area contributed by atoms with Gasteiger partial charge in [-0.3, -0.25) is 9.88 Å². The van der Waals surface area contributed by atoms with Crippen molar-refractivity contribution in [1.29, 1.82) is 5.26 Å². The van der Waals surface area contributed by atoms with E-state index in [1.807, 2.05) is 78.9 Å². The molecule has 4 atom stereocenters. The molecule has 1 N–H and O–H groups in total. The minimum atomic E-state index is -1.69. The maximum absolute atomic E-state index is 13.4. The van der Waals surface area contributed by atoms with Crippen LogP contribution in [-0.2, 0) is 28.9 Å². The van der Waals surface area contributed by atoms with Crippen LogP contribution >= 0.6 is 8.53 Å². The van der Waals surface area contributed by atoms with E-state index < -0.39 is 44.3 Å². The third-order valence-corrected chi connectivity index (χ3v) is 11.4. The first-order chi connectivity index (χ1) is 27.0. The summed E-state index contributed by atoms with van der Waals surface area (Å²) < 4.78 is 46.3. The number of hydrogen-bond acceptors (Lipinski definition) is 12. The summed E-state index contributed by atoms with van der Waals surface area (Å²) in [6, 6.07) is 29.1. The van der Waals surface area contributed by atoms with Gasteiger partial charge in [0, 0.05) is 24.7 Å². The van der Waals surface area contributed by atoms with E-state index in [9.17, 15) is 14.9 Å². The number of methoxy groups -OCH3 is 3. The number of ether oxygens (including phenoxy) is 5. The van der Waals surface area contributed by atoms with Gasteiger partial charge >= 0.3 is 11.8 Å². The fourth-order valence-electron chi connectivity index (χ4n) is 6.68. The minimum Gasteiger partial charge on any atom is -0.497 e. The van der Waals surface area contributed by atoms with Gasteiger partial charge in [-0.2, -0.15) is 10.2 Å². The molecule has 1 aliphatic rings. The normalized spacial score (nSPS) is 17.5. The minimum absolute atomic E-state index is 0.0169. The van der Waals surface area contributed by atoms with Crippen LogP contribution in [0.5, 0.6) is 11.5 Å². The maximum Gasteiger partial charge on any atom is 0.412 e. The zero-order valence-electron chi connectivity index (χ0n) is 32.8. The summed E-state index contributed by atoms with van der Waals surface area (Å²) in [5.74, 6) is 1.42. The molecule has 2 heterocycles. The fourth-order valence-corrected chi connectivity index (χ4v) is 8.44. The van der Waals surface area contributed by atoms with Gasteiger partial charge in [0.15, 0.2) is 0 Å². The van der Waals surface area contributed by atoms with E-state index in [0.29, 0.717) is 11.5 Å². The van der Waals surface area contributed by atoms with Gasteiger partial charge in [-0.05, 0) is 74.7 Å². The number of nitriles is 1. The number of aromatic nitrogens is 2. The van der Waals surface area contributed by atoms with Crippen molar-refractivity contribution in [2.75, 3.05) is 39.9 Å². The molecular weight excluding hydrogens is 737 g/mol. The molecule has 0 bridgehead atoms. The van der Waals surface area contributed by atoms with Crippen molar-refractivity contribution in [3.8, 4) is 17.6 Å². The van der Waals surface area contributed by atoms with Crippen molar-refractivity contribution in [2.45, 2.75) is 76.7 Å². The van der Waals surface area contributed by atoms with E-state index in [2.05, 4.69) is 53.5 Å². The van der Waals surface area contributed by atoms with Gasteiger partial charge < -0.3 is 32.7 Å². The van der Waals surface area contributed by atoms with Crippen LogP contribution in [0, 0.1) is 11.3 Å². The third kappa shape index (κ3) is 9.92. The molecule has 0 aliphatic carbocycles. The van der Waals surface area contributed by atoms with Crippen molar-refractivity contribution in [3.63, 3.8) is 0 Å². The number of nitrogens with one attached hydrogen (secondary N) is 1. The summed E-state index contributed by atoms with van der Waals surface area (Å²) in [5.41, 5.74) is 0.746. The Morgan fingerprint density at radius 2 is 1.54 bits per heavy atom. The summed E-state index contributed by atoms with van der Waals surface area (Å²) in [6.07, 6.45) is -0.964. The average Bonchev–Trinajstić information content (AvgIpc) is 3.60. The summed E-state index contributed by atoms with van der Waals surface area (Å²) in [7, 11) is 2.77. The highest BCUT2D eigenvalue weighted by Crippen LogP contribution is 2.50. The first-order valence-electron chi connectivity index (χ1n) is 18.4. The second kappa shape index (κ2) is 19.8. The summed E-state index contributed by atoms with van der Waals surface area (Å²) in [6.45, 7) is 8.45. The lowest BCUT2D eigenvalue weighted by Crippen LogP contribution is -2.39. The van der Waals surface area contributed by atoms with Crippen LogP contribution in [0.15, 0.2) is 95.9 Å². The SMILES string of the molecule is COC(=O)Nc1ccn([C@H]2C[C@H](OP(OCCC#N)N(C(C)C)C(C)C)[C@@H](COC(c3ccccc3)(c3ccc(OC)cc3)c3ccc(OC)cc3)O2)c(=O)n1. The number of anilines is 1. The number of hydrogen-bond donors (Lipinski definition) is 1.